The van der Waals surface area contributed by atoms with Gasteiger partial charge in [0.1, 0.15) is 4.91 Å². The number of rotatable bonds is 18. The number of allylic oxidation sites excluding steroid dienone is 2. The van der Waals surface area contributed by atoms with Crippen LogP contribution in [0.1, 0.15) is 124 Å². The number of hydrogen-bond acceptors (Lipinski definition) is 4. The Bertz CT molecular complexity index is 649. The number of ketones is 2. The van der Waals surface area contributed by atoms with Gasteiger partial charge in [-0.05, 0) is 6.42 Å². The van der Waals surface area contributed by atoms with Crippen molar-refractivity contribution >= 4 is 21.7 Å². The van der Waals surface area contributed by atoms with Gasteiger partial charge >= 0.3 is 51.4 Å². The van der Waals surface area contributed by atoms with Crippen LogP contribution in [-0.2, 0) is 19.7 Å². The summed E-state index contributed by atoms with van der Waals surface area (Å²) in [6.07, 6.45) is 21.9. The molecule has 5 nitrogen and oxygen atoms in total. The Hall–Kier alpha value is 0.626. The maximum Gasteiger partial charge on any atom is 1.00 e. The summed E-state index contributed by atoms with van der Waals surface area (Å²) in [6.45, 7) is 2.26. The van der Waals surface area contributed by atoms with Crippen LogP contribution in [0.5, 0.6) is 0 Å². The standard InChI is InChI=1S/C24H42O5S.K.H/c1-2-3-4-5-6-7-8-9-10-11-12-13-14-15-16-17-18-21-19-23(26)24(20-22(21)25)30(27,28)29;;/h20-21H,2-19H2,1H3,(H,27,28,29);;/q;+1;-1. The summed E-state index contributed by atoms with van der Waals surface area (Å²) in [5, 5.41) is 0. The van der Waals surface area contributed by atoms with E-state index in [1.807, 2.05) is 0 Å². The van der Waals surface area contributed by atoms with E-state index in [2.05, 4.69) is 6.92 Å². The molecule has 0 bridgehead atoms. The van der Waals surface area contributed by atoms with Crippen LogP contribution in [0.15, 0.2) is 11.0 Å². The Kier molecular flexibility index (Phi) is 19.4. The summed E-state index contributed by atoms with van der Waals surface area (Å²) in [4.78, 5) is 23.0. The molecule has 0 spiro atoms. The van der Waals surface area contributed by atoms with E-state index < -0.39 is 26.7 Å². The first-order valence-electron chi connectivity index (χ1n) is 12.1. The topological polar surface area (TPSA) is 88.5 Å². The minimum Gasteiger partial charge on any atom is -1.00 e. The van der Waals surface area contributed by atoms with Crippen molar-refractivity contribution in [2.24, 2.45) is 5.92 Å². The van der Waals surface area contributed by atoms with Crippen molar-refractivity contribution in [1.82, 2.24) is 0 Å². The molecule has 0 aromatic heterocycles. The molecular formula is C24H43KO5S. The molecule has 1 atom stereocenters. The van der Waals surface area contributed by atoms with Gasteiger partial charge in [-0.2, -0.15) is 8.42 Å². The zero-order valence-electron chi connectivity index (χ0n) is 20.9. The molecule has 0 aromatic rings. The minimum absolute atomic E-state index is 0. The summed E-state index contributed by atoms with van der Waals surface area (Å²) in [6, 6.07) is 0. The third-order valence-corrected chi connectivity index (χ3v) is 6.97. The van der Waals surface area contributed by atoms with E-state index in [0.29, 0.717) is 6.42 Å². The second kappa shape index (κ2) is 19.0. The van der Waals surface area contributed by atoms with E-state index in [4.69, 9.17) is 4.55 Å². The number of carbonyl (C=O) groups is 2. The molecule has 176 valence electrons. The van der Waals surface area contributed by atoms with Crippen LogP contribution in [0.25, 0.3) is 0 Å². The summed E-state index contributed by atoms with van der Waals surface area (Å²) >= 11 is 0. The maximum atomic E-state index is 12.0. The largest absolute Gasteiger partial charge is 1.00 e. The van der Waals surface area contributed by atoms with E-state index in [0.717, 1.165) is 25.3 Å². The van der Waals surface area contributed by atoms with Gasteiger partial charge in [-0.25, -0.2) is 0 Å². The molecule has 31 heavy (non-hydrogen) atoms. The molecule has 0 saturated carbocycles. The van der Waals surface area contributed by atoms with Crippen molar-refractivity contribution in [3.63, 3.8) is 0 Å². The summed E-state index contributed by atoms with van der Waals surface area (Å²) in [7, 11) is -4.59. The Morgan fingerprint density at radius 2 is 1.19 bits per heavy atom. The predicted octanol–water partition coefficient (Wildman–Crippen LogP) is 3.68. The van der Waals surface area contributed by atoms with E-state index in [1.165, 1.54) is 83.5 Å². The third-order valence-electron chi connectivity index (χ3n) is 6.07. The summed E-state index contributed by atoms with van der Waals surface area (Å²) in [5.41, 5.74) is 0. The van der Waals surface area contributed by atoms with Crippen LogP contribution in [-0.4, -0.2) is 24.5 Å². The fraction of sp³-hybridized carbons (Fsp3) is 0.833. The molecule has 1 N–H and O–H groups in total. The van der Waals surface area contributed by atoms with Crippen LogP contribution < -0.4 is 51.4 Å². The van der Waals surface area contributed by atoms with Crippen molar-refractivity contribution in [2.75, 3.05) is 0 Å². The first kappa shape index (κ1) is 31.6. The normalized spacial score (nSPS) is 16.8. The fourth-order valence-electron chi connectivity index (χ4n) is 4.15. The average Bonchev–Trinajstić information content (AvgIpc) is 2.69. The monoisotopic (exact) mass is 482 g/mol. The van der Waals surface area contributed by atoms with Crippen LogP contribution in [0, 0.1) is 5.92 Å². The molecule has 7 heteroatoms. The zero-order valence-corrected chi connectivity index (χ0v) is 23.8. The van der Waals surface area contributed by atoms with Crippen LogP contribution >= 0.6 is 0 Å². The van der Waals surface area contributed by atoms with Crippen LogP contribution in [0.2, 0.25) is 0 Å². The van der Waals surface area contributed by atoms with Gasteiger partial charge in [0.2, 0.25) is 0 Å². The molecule has 0 heterocycles. The smallest absolute Gasteiger partial charge is 1.00 e. The Balaban J connectivity index is 0. The SMILES string of the molecule is CCCCCCCCCCCCCCCCCCC1CC(=O)C(S(=O)(=O)O)=CC1=O.[H-].[K+]. The zero-order chi connectivity index (χ0) is 22.2. The van der Waals surface area contributed by atoms with Gasteiger partial charge in [0.15, 0.2) is 11.6 Å². The van der Waals surface area contributed by atoms with Crippen LogP contribution in [0.3, 0.4) is 0 Å². The Morgan fingerprint density at radius 1 is 0.806 bits per heavy atom. The van der Waals surface area contributed by atoms with E-state index in [-0.39, 0.29) is 65.0 Å². The van der Waals surface area contributed by atoms with E-state index >= 15 is 0 Å². The van der Waals surface area contributed by atoms with Crippen molar-refractivity contribution in [2.45, 2.75) is 122 Å². The molecule has 1 aliphatic carbocycles. The molecule has 1 aliphatic rings. The van der Waals surface area contributed by atoms with Gasteiger partial charge in [-0.15, -0.1) is 0 Å². The van der Waals surface area contributed by atoms with E-state index in [9.17, 15) is 18.0 Å². The first-order valence-corrected chi connectivity index (χ1v) is 13.6. The second-order valence-electron chi connectivity index (χ2n) is 8.80. The predicted molar refractivity (Wildman–Crippen MR) is 123 cm³/mol. The number of hydrogen-bond donors (Lipinski definition) is 1. The van der Waals surface area contributed by atoms with E-state index in [1.54, 1.807) is 0 Å². The first-order chi connectivity index (χ1) is 14.4. The van der Waals surface area contributed by atoms with Crippen molar-refractivity contribution in [3.8, 4) is 0 Å². The maximum absolute atomic E-state index is 12.0. The van der Waals surface area contributed by atoms with Gasteiger partial charge in [-0.3, -0.25) is 14.1 Å². The third kappa shape index (κ3) is 15.2. The van der Waals surface area contributed by atoms with Crippen LogP contribution in [0.4, 0.5) is 0 Å². The van der Waals surface area contributed by atoms with Gasteiger partial charge < -0.3 is 1.43 Å². The quantitative estimate of drug-likeness (QED) is 0.183. The number of unbranched alkanes of at least 4 members (excludes halogenated alkanes) is 15. The Labute approximate surface area is 234 Å². The average molecular weight is 483 g/mol. The molecule has 0 fully saturated rings. The van der Waals surface area contributed by atoms with Gasteiger partial charge in [-0.1, -0.05) is 110 Å². The van der Waals surface area contributed by atoms with Gasteiger partial charge in [0.05, 0.1) is 0 Å². The fourth-order valence-corrected chi connectivity index (χ4v) is 4.79. The summed E-state index contributed by atoms with van der Waals surface area (Å²) < 4.78 is 31.1. The second-order valence-corrected chi connectivity index (χ2v) is 10.2. The minimum atomic E-state index is -4.59. The Morgan fingerprint density at radius 3 is 1.58 bits per heavy atom. The number of Topliss-reactive ketones (excluding diaryl/α,β-unsaturated/α-hetero) is 1. The summed E-state index contributed by atoms with van der Waals surface area (Å²) in [5.74, 6) is -1.45. The molecule has 0 amide bonds. The number of carbonyl (C=O) groups excluding carboxylic acids is 2. The van der Waals surface area contributed by atoms with Crippen molar-refractivity contribution in [3.05, 3.63) is 11.0 Å². The molecule has 0 aliphatic heterocycles. The van der Waals surface area contributed by atoms with Gasteiger partial charge in [0, 0.05) is 18.4 Å². The molecular weight excluding hydrogens is 439 g/mol. The molecule has 0 radical (unpaired) electrons. The van der Waals surface area contributed by atoms with Gasteiger partial charge in [0.25, 0.3) is 10.1 Å². The van der Waals surface area contributed by atoms with Crippen molar-refractivity contribution < 1.29 is 75.4 Å². The molecule has 1 unspecified atom stereocenters. The molecule has 0 saturated heterocycles. The van der Waals surface area contributed by atoms with Crippen molar-refractivity contribution in [1.29, 1.82) is 0 Å². The molecule has 1 rings (SSSR count). The molecule has 0 aromatic carbocycles.